The summed E-state index contributed by atoms with van der Waals surface area (Å²) in [6.07, 6.45) is 2.11. The molecule has 2 aromatic rings. The van der Waals surface area contributed by atoms with Gasteiger partial charge in [-0.25, -0.2) is 0 Å². The first-order chi connectivity index (χ1) is 10.2. The van der Waals surface area contributed by atoms with Crippen molar-refractivity contribution in [2.24, 2.45) is 0 Å². The molecule has 2 rings (SSSR count). The molecule has 0 fully saturated rings. The van der Waals surface area contributed by atoms with Crippen molar-refractivity contribution in [3.63, 3.8) is 0 Å². The van der Waals surface area contributed by atoms with Crippen LogP contribution < -0.4 is 5.32 Å². The van der Waals surface area contributed by atoms with Crippen LogP contribution in [0.1, 0.15) is 37.5 Å². The molecule has 0 aliphatic rings. The molecule has 1 nitrogen and oxygen atoms in total. The summed E-state index contributed by atoms with van der Waals surface area (Å²) in [6.45, 7) is 8.28. The third kappa shape index (κ3) is 3.87. The molecule has 0 saturated heterocycles. The molecular formula is C19H24ClN. The van der Waals surface area contributed by atoms with Gasteiger partial charge in [-0.05, 0) is 59.3 Å². The summed E-state index contributed by atoms with van der Waals surface area (Å²) in [5.41, 5.74) is 6.54. The van der Waals surface area contributed by atoms with Crippen LogP contribution in [0, 0.1) is 0 Å². The van der Waals surface area contributed by atoms with Gasteiger partial charge in [-0.2, -0.15) is 0 Å². The highest BCUT2D eigenvalue weighted by atomic mass is 35.5. The maximum absolute atomic E-state index is 6.31. The molecule has 0 bridgehead atoms. The number of nitrogens with one attached hydrogen (secondary N) is 1. The first-order valence-electron chi connectivity index (χ1n) is 7.80. The largest absolute Gasteiger partial charge is 0.313 e. The Kier molecular flexibility index (Phi) is 5.84. The zero-order chi connectivity index (χ0) is 15.2. The van der Waals surface area contributed by atoms with E-state index in [0.29, 0.717) is 0 Å². The molecule has 0 aromatic heterocycles. The fourth-order valence-electron chi connectivity index (χ4n) is 2.56. The normalized spacial score (nSPS) is 10.9. The van der Waals surface area contributed by atoms with Crippen molar-refractivity contribution in [1.82, 2.24) is 5.32 Å². The zero-order valence-corrected chi connectivity index (χ0v) is 13.9. The summed E-state index contributed by atoms with van der Waals surface area (Å²) in [4.78, 5) is 0. The molecular weight excluding hydrogens is 278 g/mol. The second-order valence-electron chi connectivity index (χ2n) is 5.29. The van der Waals surface area contributed by atoms with Gasteiger partial charge < -0.3 is 5.32 Å². The lowest BCUT2D eigenvalue weighted by atomic mass is 9.94. The summed E-state index contributed by atoms with van der Waals surface area (Å²) in [5.74, 6) is 0. The number of benzene rings is 2. The molecule has 0 heterocycles. The number of rotatable bonds is 6. The minimum atomic E-state index is 0.818. The van der Waals surface area contributed by atoms with E-state index >= 15 is 0 Å². The van der Waals surface area contributed by atoms with E-state index in [0.717, 1.165) is 31.0 Å². The van der Waals surface area contributed by atoms with Crippen LogP contribution in [0.15, 0.2) is 36.4 Å². The molecule has 1 N–H and O–H groups in total. The fourth-order valence-corrected chi connectivity index (χ4v) is 2.74. The number of aryl methyl sites for hydroxylation is 2. The Hall–Kier alpha value is -1.31. The van der Waals surface area contributed by atoms with Crippen molar-refractivity contribution >= 4 is 11.6 Å². The second kappa shape index (κ2) is 7.63. The Morgan fingerprint density at radius 2 is 1.71 bits per heavy atom. The van der Waals surface area contributed by atoms with E-state index in [4.69, 9.17) is 11.6 Å². The highest BCUT2D eigenvalue weighted by Gasteiger charge is 2.08. The van der Waals surface area contributed by atoms with Crippen LogP contribution in [-0.4, -0.2) is 6.54 Å². The van der Waals surface area contributed by atoms with E-state index in [-0.39, 0.29) is 0 Å². The molecule has 0 spiro atoms. The third-order valence-corrected chi connectivity index (χ3v) is 4.25. The SMILES string of the molecule is CCNCc1cc(-c2cc(CC)ccc2CC)ccc1Cl. The average molecular weight is 302 g/mol. The Labute approximate surface area is 133 Å². The van der Waals surface area contributed by atoms with E-state index in [1.807, 2.05) is 6.07 Å². The molecule has 2 heteroatoms. The molecule has 0 radical (unpaired) electrons. The maximum atomic E-state index is 6.31. The van der Waals surface area contributed by atoms with Crippen LogP contribution in [0.4, 0.5) is 0 Å². The lowest BCUT2D eigenvalue weighted by Crippen LogP contribution is -2.12. The van der Waals surface area contributed by atoms with Crippen LogP contribution >= 0.6 is 11.6 Å². The number of halogens is 1. The quantitative estimate of drug-likeness (QED) is 0.769. The smallest absolute Gasteiger partial charge is 0.0451 e. The Morgan fingerprint density at radius 1 is 0.905 bits per heavy atom. The van der Waals surface area contributed by atoms with Crippen molar-refractivity contribution in [2.45, 2.75) is 40.2 Å². The Morgan fingerprint density at radius 3 is 2.38 bits per heavy atom. The van der Waals surface area contributed by atoms with Gasteiger partial charge in [-0.3, -0.25) is 0 Å². The predicted octanol–water partition coefficient (Wildman–Crippen LogP) is 5.24. The molecule has 0 saturated carbocycles. The zero-order valence-electron chi connectivity index (χ0n) is 13.2. The first-order valence-corrected chi connectivity index (χ1v) is 8.18. The van der Waals surface area contributed by atoms with Gasteiger partial charge in [0.25, 0.3) is 0 Å². The molecule has 0 amide bonds. The molecule has 0 aliphatic heterocycles. The van der Waals surface area contributed by atoms with Gasteiger partial charge in [0.1, 0.15) is 0 Å². The van der Waals surface area contributed by atoms with Crippen LogP contribution in [0.5, 0.6) is 0 Å². The lowest BCUT2D eigenvalue weighted by Gasteiger charge is -2.13. The molecule has 21 heavy (non-hydrogen) atoms. The van der Waals surface area contributed by atoms with Gasteiger partial charge in [-0.15, -0.1) is 0 Å². The van der Waals surface area contributed by atoms with Crippen LogP contribution in [0.2, 0.25) is 5.02 Å². The number of hydrogen-bond acceptors (Lipinski definition) is 1. The standard InChI is InChI=1S/C19H24ClN/c1-4-14-7-8-15(5-2)18(11-14)16-9-10-19(20)17(12-16)13-21-6-3/h7-12,21H,4-6,13H2,1-3H3. The van der Waals surface area contributed by atoms with Gasteiger partial charge in [-0.1, -0.05) is 56.6 Å². The van der Waals surface area contributed by atoms with Gasteiger partial charge in [0.2, 0.25) is 0 Å². The maximum Gasteiger partial charge on any atom is 0.0451 e. The van der Waals surface area contributed by atoms with Crippen LogP contribution in [-0.2, 0) is 19.4 Å². The summed E-state index contributed by atoms with van der Waals surface area (Å²) < 4.78 is 0. The van der Waals surface area contributed by atoms with Gasteiger partial charge >= 0.3 is 0 Å². The van der Waals surface area contributed by atoms with Crippen LogP contribution in [0.3, 0.4) is 0 Å². The van der Waals surface area contributed by atoms with Crippen molar-refractivity contribution in [3.05, 3.63) is 58.1 Å². The van der Waals surface area contributed by atoms with Crippen molar-refractivity contribution in [1.29, 1.82) is 0 Å². The minimum Gasteiger partial charge on any atom is -0.313 e. The molecule has 2 aromatic carbocycles. The second-order valence-corrected chi connectivity index (χ2v) is 5.69. The van der Waals surface area contributed by atoms with E-state index in [9.17, 15) is 0 Å². The predicted molar refractivity (Wildman–Crippen MR) is 93.0 cm³/mol. The summed E-state index contributed by atoms with van der Waals surface area (Å²) >= 11 is 6.31. The first kappa shape index (κ1) is 16.1. The molecule has 0 aliphatic carbocycles. The van der Waals surface area contributed by atoms with Crippen molar-refractivity contribution in [3.8, 4) is 11.1 Å². The summed E-state index contributed by atoms with van der Waals surface area (Å²) in [7, 11) is 0. The van der Waals surface area contributed by atoms with Gasteiger partial charge in [0.15, 0.2) is 0 Å². The topological polar surface area (TPSA) is 12.0 Å². The highest BCUT2D eigenvalue weighted by Crippen LogP contribution is 2.29. The number of hydrogen-bond donors (Lipinski definition) is 1. The lowest BCUT2D eigenvalue weighted by molar-refractivity contribution is 0.727. The Bertz CT molecular complexity index is 605. The van der Waals surface area contributed by atoms with E-state index in [1.165, 1.54) is 27.8 Å². The van der Waals surface area contributed by atoms with Gasteiger partial charge in [0, 0.05) is 11.6 Å². The monoisotopic (exact) mass is 301 g/mol. The average Bonchev–Trinajstić information content (AvgIpc) is 2.53. The summed E-state index contributed by atoms with van der Waals surface area (Å²) in [6, 6.07) is 13.2. The van der Waals surface area contributed by atoms with E-state index in [1.54, 1.807) is 0 Å². The van der Waals surface area contributed by atoms with Gasteiger partial charge in [0.05, 0.1) is 0 Å². The van der Waals surface area contributed by atoms with E-state index in [2.05, 4.69) is 56.4 Å². The van der Waals surface area contributed by atoms with Crippen molar-refractivity contribution < 1.29 is 0 Å². The fraction of sp³-hybridized carbons (Fsp3) is 0.368. The molecule has 0 unspecified atom stereocenters. The molecule has 0 atom stereocenters. The minimum absolute atomic E-state index is 0.818. The van der Waals surface area contributed by atoms with Crippen LogP contribution in [0.25, 0.3) is 11.1 Å². The Balaban J connectivity index is 2.45. The molecule has 112 valence electrons. The third-order valence-electron chi connectivity index (χ3n) is 3.89. The van der Waals surface area contributed by atoms with E-state index < -0.39 is 0 Å². The highest BCUT2D eigenvalue weighted by molar-refractivity contribution is 6.31. The van der Waals surface area contributed by atoms with Crippen molar-refractivity contribution in [2.75, 3.05) is 6.54 Å². The summed E-state index contributed by atoms with van der Waals surface area (Å²) in [5, 5.41) is 4.19.